The van der Waals surface area contributed by atoms with Gasteiger partial charge >= 0.3 is 0 Å². The third-order valence-electron chi connectivity index (χ3n) is 5.58. The Morgan fingerprint density at radius 3 is 2.70 bits per heavy atom. The first kappa shape index (κ1) is 18.8. The number of ether oxygens (including phenoxy) is 1. The number of hydrogen-bond acceptors (Lipinski definition) is 5. The van der Waals surface area contributed by atoms with Crippen molar-refractivity contribution in [3.05, 3.63) is 83.6 Å². The zero-order chi connectivity index (χ0) is 20.2. The lowest BCUT2D eigenvalue weighted by Gasteiger charge is -2.28. The summed E-state index contributed by atoms with van der Waals surface area (Å²) in [5.74, 6) is 1.05. The molecular formula is C24H25N5O. The molecule has 0 spiro atoms. The average Bonchev–Trinajstić information content (AvgIpc) is 3.22. The van der Waals surface area contributed by atoms with Gasteiger partial charge in [0.1, 0.15) is 11.5 Å². The second-order valence-corrected chi connectivity index (χ2v) is 7.63. The van der Waals surface area contributed by atoms with Gasteiger partial charge in [-0.2, -0.15) is 0 Å². The standard InChI is InChI=1S/C24H25N5O/c1-3-21(28-23(5-1)29-11-13-30-14-12-29)9-8-20-7-6-18(16-26-20)15-19-17-27-24-22(19)4-2-10-25-24/h1-7,10,16-17H,8-9,11-15H2,(H,25,27). The van der Waals surface area contributed by atoms with Gasteiger partial charge in [-0.25, -0.2) is 9.97 Å². The number of hydrogen-bond donors (Lipinski definition) is 1. The minimum absolute atomic E-state index is 0.775. The number of nitrogens with one attached hydrogen (secondary N) is 1. The van der Waals surface area contributed by atoms with Gasteiger partial charge in [0.05, 0.1) is 13.2 Å². The molecule has 0 radical (unpaired) electrons. The van der Waals surface area contributed by atoms with Gasteiger partial charge < -0.3 is 14.6 Å². The van der Waals surface area contributed by atoms with Crippen LogP contribution in [0.15, 0.2) is 61.1 Å². The fourth-order valence-corrected chi connectivity index (χ4v) is 3.92. The van der Waals surface area contributed by atoms with E-state index >= 15 is 0 Å². The number of rotatable bonds is 6. The van der Waals surface area contributed by atoms with Crippen LogP contribution in [0.2, 0.25) is 0 Å². The van der Waals surface area contributed by atoms with Crippen molar-refractivity contribution in [3.8, 4) is 0 Å². The van der Waals surface area contributed by atoms with Crippen molar-refractivity contribution in [2.24, 2.45) is 0 Å². The molecule has 152 valence electrons. The Labute approximate surface area is 176 Å². The molecule has 0 atom stereocenters. The summed E-state index contributed by atoms with van der Waals surface area (Å²) in [7, 11) is 0. The molecular weight excluding hydrogens is 374 g/mol. The third-order valence-corrected chi connectivity index (χ3v) is 5.58. The van der Waals surface area contributed by atoms with Crippen molar-refractivity contribution in [2.75, 3.05) is 31.2 Å². The molecule has 30 heavy (non-hydrogen) atoms. The number of aryl methyl sites for hydroxylation is 2. The summed E-state index contributed by atoms with van der Waals surface area (Å²) in [6.07, 6.45) is 8.46. The molecule has 6 heteroatoms. The van der Waals surface area contributed by atoms with Crippen molar-refractivity contribution in [1.82, 2.24) is 19.9 Å². The predicted molar refractivity (Wildman–Crippen MR) is 118 cm³/mol. The highest BCUT2D eigenvalue weighted by Gasteiger charge is 2.12. The number of morpholine rings is 1. The fraction of sp³-hybridized carbons (Fsp3) is 0.292. The number of nitrogens with zero attached hydrogens (tertiary/aromatic N) is 4. The maximum atomic E-state index is 5.44. The van der Waals surface area contributed by atoms with Gasteiger partial charge in [0.2, 0.25) is 0 Å². The summed E-state index contributed by atoms with van der Waals surface area (Å²) in [5, 5.41) is 1.17. The van der Waals surface area contributed by atoms with Crippen molar-refractivity contribution >= 4 is 16.9 Å². The van der Waals surface area contributed by atoms with E-state index in [0.29, 0.717) is 0 Å². The number of H-pyrrole nitrogens is 1. The summed E-state index contributed by atoms with van der Waals surface area (Å²) < 4.78 is 5.44. The lowest BCUT2D eigenvalue weighted by Crippen LogP contribution is -2.36. The number of aromatic amines is 1. The quantitative estimate of drug-likeness (QED) is 0.537. The van der Waals surface area contributed by atoms with Crippen molar-refractivity contribution in [2.45, 2.75) is 19.3 Å². The molecule has 0 aliphatic carbocycles. The molecule has 6 nitrogen and oxygen atoms in total. The first-order valence-corrected chi connectivity index (χ1v) is 10.5. The molecule has 4 aromatic rings. The van der Waals surface area contributed by atoms with Crippen LogP contribution in [0.5, 0.6) is 0 Å². The molecule has 1 fully saturated rings. The molecule has 0 saturated carbocycles. The van der Waals surface area contributed by atoms with Crippen LogP contribution in [0.25, 0.3) is 11.0 Å². The predicted octanol–water partition coefficient (Wildman–Crippen LogP) is 3.57. The fourth-order valence-electron chi connectivity index (χ4n) is 3.92. The average molecular weight is 399 g/mol. The summed E-state index contributed by atoms with van der Waals surface area (Å²) in [6, 6.07) is 14.7. The van der Waals surface area contributed by atoms with Crippen molar-refractivity contribution in [1.29, 1.82) is 0 Å². The third kappa shape index (κ3) is 4.19. The van der Waals surface area contributed by atoms with Crippen LogP contribution in [-0.4, -0.2) is 46.2 Å². The first-order chi connectivity index (χ1) is 14.8. The maximum Gasteiger partial charge on any atom is 0.137 e. The molecule has 1 saturated heterocycles. The Hall–Kier alpha value is -3.25. The summed E-state index contributed by atoms with van der Waals surface area (Å²) in [4.78, 5) is 19.4. The minimum atomic E-state index is 0.775. The van der Waals surface area contributed by atoms with Crippen molar-refractivity contribution in [3.63, 3.8) is 0 Å². The molecule has 5 rings (SSSR count). The smallest absolute Gasteiger partial charge is 0.137 e. The van der Waals surface area contributed by atoms with Crippen LogP contribution in [0, 0.1) is 0 Å². The topological polar surface area (TPSA) is 66.9 Å². The van der Waals surface area contributed by atoms with Gasteiger partial charge in [0.15, 0.2) is 0 Å². The number of anilines is 1. The maximum absolute atomic E-state index is 5.44. The lowest BCUT2D eigenvalue weighted by atomic mass is 10.1. The number of aromatic nitrogens is 4. The largest absolute Gasteiger partial charge is 0.378 e. The van der Waals surface area contributed by atoms with E-state index in [9.17, 15) is 0 Å². The van der Waals surface area contributed by atoms with E-state index in [2.05, 4.69) is 56.3 Å². The summed E-state index contributed by atoms with van der Waals surface area (Å²) >= 11 is 0. The van der Waals surface area contributed by atoms with E-state index in [4.69, 9.17) is 9.72 Å². The van der Waals surface area contributed by atoms with E-state index in [0.717, 1.165) is 68.4 Å². The molecule has 1 N–H and O–H groups in total. The number of fused-ring (bicyclic) bond motifs is 1. The summed E-state index contributed by atoms with van der Waals surface area (Å²) in [6.45, 7) is 3.37. The molecule has 0 bridgehead atoms. The van der Waals surface area contributed by atoms with Crippen LogP contribution >= 0.6 is 0 Å². The Bertz CT molecular complexity index is 1120. The molecule has 0 aromatic carbocycles. The molecule has 1 aliphatic heterocycles. The summed E-state index contributed by atoms with van der Waals surface area (Å²) in [5.41, 5.74) is 5.59. The second-order valence-electron chi connectivity index (χ2n) is 7.63. The first-order valence-electron chi connectivity index (χ1n) is 10.5. The zero-order valence-corrected chi connectivity index (χ0v) is 16.9. The van der Waals surface area contributed by atoms with E-state index in [1.165, 1.54) is 16.5 Å². The van der Waals surface area contributed by atoms with Gasteiger partial charge in [0.25, 0.3) is 0 Å². The van der Waals surface area contributed by atoms with Gasteiger partial charge in [-0.05, 0) is 54.3 Å². The van der Waals surface area contributed by atoms with Crippen LogP contribution in [0.3, 0.4) is 0 Å². The van der Waals surface area contributed by atoms with Crippen LogP contribution in [-0.2, 0) is 24.0 Å². The van der Waals surface area contributed by atoms with E-state index in [-0.39, 0.29) is 0 Å². The monoisotopic (exact) mass is 399 g/mol. The normalized spacial score (nSPS) is 14.3. The second kappa shape index (κ2) is 8.63. The Morgan fingerprint density at radius 2 is 1.83 bits per heavy atom. The molecule has 4 aromatic heterocycles. The minimum Gasteiger partial charge on any atom is -0.378 e. The highest BCUT2D eigenvalue weighted by atomic mass is 16.5. The lowest BCUT2D eigenvalue weighted by molar-refractivity contribution is 0.122. The van der Waals surface area contributed by atoms with Crippen LogP contribution in [0.1, 0.15) is 22.5 Å². The zero-order valence-electron chi connectivity index (χ0n) is 16.9. The highest BCUT2D eigenvalue weighted by Crippen LogP contribution is 2.19. The van der Waals surface area contributed by atoms with Gasteiger partial charge in [-0.15, -0.1) is 0 Å². The van der Waals surface area contributed by atoms with Crippen LogP contribution in [0.4, 0.5) is 5.82 Å². The molecule has 0 amide bonds. The van der Waals surface area contributed by atoms with Gasteiger partial charge in [-0.3, -0.25) is 4.98 Å². The van der Waals surface area contributed by atoms with Gasteiger partial charge in [0, 0.05) is 54.9 Å². The van der Waals surface area contributed by atoms with E-state index in [1.807, 2.05) is 24.7 Å². The Kier molecular flexibility index (Phi) is 5.40. The Balaban J connectivity index is 1.21. The molecule has 0 unspecified atom stereocenters. The van der Waals surface area contributed by atoms with E-state index in [1.54, 1.807) is 0 Å². The molecule has 1 aliphatic rings. The van der Waals surface area contributed by atoms with Crippen molar-refractivity contribution < 1.29 is 4.74 Å². The number of pyridine rings is 3. The molecule has 5 heterocycles. The van der Waals surface area contributed by atoms with Gasteiger partial charge in [-0.1, -0.05) is 12.1 Å². The van der Waals surface area contributed by atoms with Crippen LogP contribution < -0.4 is 4.90 Å². The highest BCUT2D eigenvalue weighted by molar-refractivity contribution is 5.79. The SMILES string of the molecule is c1cc(CCc2ccc(Cc3c[nH]c4ncccc34)cn2)nc(N2CCOCC2)c1. The Morgan fingerprint density at radius 1 is 0.933 bits per heavy atom. The van der Waals surface area contributed by atoms with E-state index < -0.39 is 0 Å².